The van der Waals surface area contributed by atoms with Gasteiger partial charge in [-0.2, -0.15) is 0 Å². The summed E-state index contributed by atoms with van der Waals surface area (Å²) in [7, 11) is 1.52. The van der Waals surface area contributed by atoms with Crippen LogP contribution in [0.1, 0.15) is 29.8 Å². The molecule has 1 aromatic rings. The van der Waals surface area contributed by atoms with E-state index >= 15 is 0 Å². The van der Waals surface area contributed by atoms with Crippen molar-refractivity contribution in [2.24, 2.45) is 0 Å². The Morgan fingerprint density at radius 1 is 1.53 bits per heavy atom. The van der Waals surface area contributed by atoms with E-state index in [0.717, 1.165) is 12.8 Å². The fourth-order valence-electron chi connectivity index (χ4n) is 2.93. The van der Waals surface area contributed by atoms with Gasteiger partial charge in [-0.1, -0.05) is 11.6 Å². The molecule has 102 valence electrons. The fraction of sp³-hybridized carbons (Fsp3) is 0.538. The summed E-state index contributed by atoms with van der Waals surface area (Å²) in [5.41, 5.74) is 0.327. The van der Waals surface area contributed by atoms with Crippen molar-refractivity contribution < 1.29 is 9.53 Å². The molecule has 1 amide bonds. The van der Waals surface area contributed by atoms with Crippen LogP contribution < -0.4 is 15.4 Å². The van der Waals surface area contributed by atoms with Crippen LogP contribution in [0.4, 0.5) is 0 Å². The minimum atomic E-state index is -0.177. The lowest BCUT2D eigenvalue weighted by atomic mass is 9.95. The third-order valence-electron chi connectivity index (χ3n) is 3.88. The Morgan fingerprint density at radius 3 is 2.95 bits per heavy atom. The summed E-state index contributed by atoms with van der Waals surface area (Å²) in [4.78, 5) is 16.2. The van der Waals surface area contributed by atoms with Gasteiger partial charge >= 0.3 is 0 Å². The maximum absolute atomic E-state index is 12.1. The number of fused-ring (bicyclic) bond motifs is 2. The molecular weight excluding hydrogens is 266 g/mol. The van der Waals surface area contributed by atoms with Gasteiger partial charge in [-0.05, 0) is 31.4 Å². The van der Waals surface area contributed by atoms with Gasteiger partial charge in [0.1, 0.15) is 5.69 Å². The predicted octanol–water partition coefficient (Wildman–Crippen LogP) is 1.37. The molecule has 2 fully saturated rings. The average Bonchev–Trinajstić information content (AvgIpc) is 3.00. The predicted molar refractivity (Wildman–Crippen MR) is 71.6 cm³/mol. The first-order valence-corrected chi connectivity index (χ1v) is 6.82. The zero-order valence-electron chi connectivity index (χ0n) is 10.6. The van der Waals surface area contributed by atoms with Crippen molar-refractivity contribution >= 4 is 17.5 Å². The van der Waals surface area contributed by atoms with E-state index < -0.39 is 0 Å². The first-order chi connectivity index (χ1) is 9.17. The lowest BCUT2D eigenvalue weighted by Gasteiger charge is -2.21. The van der Waals surface area contributed by atoms with Crippen molar-refractivity contribution in [1.29, 1.82) is 0 Å². The first-order valence-electron chi connectivity index (χ1n) is 6.45. The highest BCUT2D eigenvalue weighted by Gasteiger charge is 2.39. The van der Waals surface area contributed by atoms with E-state index in [1.165, 1.54) is 13.5 Å². The van der Waals surface area contributed by atoms with Gasteiger partial charge < -0.3 is 15.4 Å². The zero-order valence-corrected chi connectivity index (χ0v) is 11.4. The molecule has 2 aliphatic rings. The van der Waals surface area contributed by atoms with E-state index in [-0.39, 0.29) is 17.1 Å². The number of methoxy groups -OCH3 is 1. The number of nitrogens with one attached hydrogen (secondary N) is 2. The second-order valence-corrected chi connectivity index (χ2v) is 5.41. The van der Waals surface area contributed by atoms with Crippen LogP contribution in [0.2, 0.25) is 5.15 Å². The lowest BCUT2D eigenvalue weighted by Crippen LogP contribution is -2.43. The van der Waals surface area contributed by atoms with Crippen LogP contribution in [0.25, 0.3) is 0 Å². The molecule has 3 atom stereocenters. The molecule has 3 unspecified atom stereocenters. The Labute approximate surface area is 116 Å². The van der Waals surface area contributed by atoms with Crippen molar-refractivity contribution in [3.63, 3.8) is 0 Å². The highest BCUT2D eigenvalue weighted by Crippen LogP contribution is 2.28. The summed E-state index contributed by atoms with van der Waals surface area (Å²) in [6, 6.07) is 4.45. The first kappa shape index (κ1) is 12.7. The van der Waals surface area contributed by atoms with Crippen LogP contribution in [-0.2, 0) is 0 Å². The Morgan fingerprint density at radius 2 is 2.37 bits per heavy atom. The molecule has 3 rings (SSSR count). The molecule has 19 heavy (non-hydrogen) atoms. The molecule has 6 heteroatoms. The Bertz CT molecular complexity index is 509. The summed E-state index contributed by atoms with van der Waals surface area (Å²) in [5, 5.41) is 6.72. The van der Waals surface area contributed by atoms with Crippen molar-refractivity contribution in [3.05, 3.63) is 23.0 Å². The summed E-state index contributed by atoms with van der Waals surface area (Å²) < 4.78 is 5.02. The average molecular weight is 282 g/mol. The Hall–Kier alpha value is -1.33. The standard InChI is InChI=1S/C13H16ClN3O2/c1-19-11-5-4-9(16-12(11)14)13(18)17-10-6-7-2-3-8(10)15-7/h4-5,7-8,10,15H,2-3,6H2,1H3,(H,17,18). The molecule has 2 aliphatic heterocycles. The number of hydrogen-bond acceptors (Lipinski definition) is 4. The molecule has 1 aromatic heterocycles. The highest BCUT2D eigenvalue weighted by atomic mass is 35.5. The summed E-state index contributed by atoms with van der Waals surface area (Å²) >= 11 is 5.92. The van der Waals surface area contributed by atoms with E-state index in [9.17, 15) is 4.79 Å². The van der Waals surface area contributed by atoms with E-state index in [1.807, 2.05) is 0 Å². The van der Waals surface area contributed by atoms with Crippen LogP contribution in [0, 0.1) is 0 Å². The SMILES string of the molecule is COc1ccc(C(=O)NC2CC3CCC2N3)nc1Cl. The molecule has 0 saturated carbocycles. The minimum Gasteiger partial charge on any atom is -0.494 e. The Balaban J connectivity index is 1.69. The number of pyridine rings is 1. The van der Waals surface area contributed by atoms with Crippen LogP contribution >= 0.6 is 11.6 Å². The second-order valence-electron chi connectivity index (χ2n) is 5.05. The number of rotatable bonds is 3. The van der Waals surface area contributed by atoms with Crippen LogP contribution in [-0.4, -0.2) is 36.1 Å². The molecule has 2 bridgehead atoms. The maximum Gasteiger partial charge on any atom is 0.270 e. The van der Waals surface area contributed by atoms with Gasteiger partial charge in [-0.15, -0.1) is 0 Å². The number of amides is 1. The lowest BCUT2D eigenvalue weighted by molar-refractivity contribution is 0.0926. The maximum atomic E-state index is 12.1. The molecule has 0 aliphatic carbocycles. The number of hydrogen-bond donors (Lipinski definition) is 2. The summed E-state index contributed by atoms with van der Waals surface area (Å²) in [6.45, 7) is 0. The Kier molecular flexibility index (Phi) is 3.33. The molecule has 0 radical (unpaired) electrons. The van der Waals surface area contributed by atoms with Gasteiger partial charge in [0.25, 0.3) is 5.91 Å². The highest BCUT2D eigenvalue weighted by molar-refractivity contribution is 6.31. The number of halogens is 1. The van der Waals surface area contributed by atoms with Crippen LogP contribution in [0.5, 0.6) is 5.75 Å². The number of carbonyl (C=O) groups is 1. The van der Waals surface area contributed by atoms with Crippen molar-refractivity contribution in [2.75, 3.05) is 7.11 Å². The van der Waals surface area contributed by atoms with E-state index in [4.69, 9.17) is 16.3 Å². The van der Waals surface area contributed by atoms with E-state index in [1.54, 1.807) is 12.1 Å². The number of aromatic nitrogens is 1. The normalized spacial score (nSPS) is 28.4. The molecular formula is C13H16ClN3O2. The van der Waals surface area contributed by atoms with Crippen LogP contribution in [0.15, 0.2) is 12.1 Å². The quantitative estimate of drug-likeness (QED) is 0.822. The minimum absolute atomic E-state index is 0.177. The molecule has 2 saturated heterocycles. The number of nitrogens with zero attached hydrogens (tertiary/aromatic N) is 1. The van der Waals surface area contributed by atoms with Gasteiger partial charge in [0.05, 0.1) is 7.11 Å². The van der Waals surface area contributed by atoms with Gasteiger partial charge in [-0.25, -0.2) is 4.98 Å². The van der Waals surface area contributed by atoms with Gasteiger partial charge in [-0.3, -0.25) is 4.79 Å². The molecule has 3 heterocycles. The number of ether oxygens (including phenoxy) is 1. The third kappa shape index (κ3) is 2.40. The summed E-state index contributed by atoms with van der Waals surface area (Å²) in [6.07, 6.45) is 3.34. The number of carbonyl (C=O) groups excluding carboxylic acids is 1. The molecule has 0 aromatic carbocycles. The van der Waals surface area contributed by atoms with Crippen molar-refractivity contribution in [2.45, 2.75) is 37.4 Å². The van der Waals surface area contributed by atoms with Crippen molar-refractivity contribution in [3.8, 4) is 5.75 Å². The largest absolute Gasteiger partial charge is 0.494 e. The van der Waals surface area contributed by atoms with Gasteiger partial charge in [0.2, 0.25) is 0 Å². The topological polar surface area (TPSA) is 63.2 Å². The molecule has 2 N–H and O–H groups in total. The van der Waals surface area contributed by atoms with Crippen molar-refractivity contribution in [1.82, 2.24) is 15.6 Å². The third-order valence-corrected chi connectivity index (χ3v) is 4.15. The van der Waals surface area contributed by atoms with E-state index in [0.29, 0.717) is 23.5 Å². The monoisotopic (exact) mass is 281 g/mol. The van der Waals surface area contributed by atoms with Gasteiger partial charge in [0, 0.05) is 18.1 Å². The van der Waals surface area contributed by atoms with Crippen LogP contribution in [0.3, 0.4) is 0 Å². The van der Waals surface area contributed by atoms with E-state index in [2.05, 4.69) is 15.6 Å². The zero-order chi connectivity index (χ0) is 13.4. The molecule has 5 nitrogen and oxygen atoms in total. The second kappa shape index (κ2) is 4.98. The fourth-order valence-corrected chi connectivity index (χ4v) is 3.16. The summed E-state index contributed by atoms with van der Waals surface area (Å²) in [5.74, 6) is 0.295. The smallest absolute Gasteiger partial charge is 0.270 e. The van der Waals surface area contributed by atoms with Gasteiger partial charge in [0.15, 0.2) is 10.9 Å². The molecule has 0 spiro atoms.